The van der Waals surface area contributed by atoms with Gasteiger partial charge in [0, 0.05) is 32.8 Å². The summed E-state index contributed by atoms with van der Waals surface area (Å²) in [5.74, 6) is -1.12. The smallest absolute Gasteiger partial charge is 0.245 e. The molecule has 0 aliphatic carbocycles. The number of likely N-dealkylation sites (N-methyl/N-ethyl adjacent to an activating group) is 1. The molecule has 3 aliphatic rings. The zero-order chi connectivity index (χ0) is 24.2. The number of rotatable bonds is 1. The number of amides is 2. The first-order chi connectivity index (χ1) is 16.0. The van der Waals surface area contributed by atoms with Gasteiger partial charge in [-0.3, -0.25) is 9.59 Å². The Kier molecular flexibility index (Phi) is 2.42. The van der Waals surface area contributed by atoms with Gasteiger partial charge in [0.2, 0.25) is 18.6 Å². The summed E-state index contributed by atoms with van der Waals surface area (Å²) in [6.45, 7) is -2.65. The Bertz CT molecular complexity index is 1410. The minimum absolute atomic E-state index is 0.109. The summed E-state index contributed by atoms with van der Waals surface area (Å²) in [7, 11) is 1.38. The van der Waals surface area contributed by atoms with Gasteiger partial charge in [0.05, 0.1) is 14.0 Å². The molecule has 7 heteroatoms. The summed E-state index contributed by atoms with van der Waals surface area (Å²) in [5.41, 5.74) is 1.52. The molecular formula is C22H19N3O4. The lowest BCUT2D eigenvalue weighted by Crippen LogP contribution is -2.62. The van der Waals surface area contributed by atoms with Gasteiger partial charge < -0.3 is 24.3 Å². The molecule has 0 radical (unpaired) electrons. The van der Waals surface area contributed by atoms with Crippen molar-refractivity contribution in [1.29, 1.82) is 0 Å². The third kappa shape index (κ3) is 2.24. The van der Waals surface area contributed by atoms with E-state index in [0.717, 1.165) is 9.80 Å². The van der Waals surface area contributed by atoms with Gasteiger partial charge in [-0.25, -0.2) is 0 Å². The number of carbonyl (C=O) groups is 2. The number of aromatic nitrogens is 1. The van der Waals surface area contributed by atoms with E-state index < -0.39 is 37.0 Å². The molecule has 0 bridgehead atoms. The van der Waals surface area contributed by atoms with Gasteiger partial charge in [0.15, 0.2) is 11.5 Å². The van der Waals surface area contributed by atoms with Gasteiger partial charge in [-0.1, -0.05) is 24.3 Å². The number of carbonyl (C=O) groups excluding carboxylic acids is 2. The second-order valence-electron chi connectivity index (χ2n) is 7.25. The van der Waals surface area contributed by atoms with Crippen molar-refractivity contribution in [3.63, 3.8) is 0 Å². The predicted octanol–water partition coefficient (Wildman–Crippen LogP) is 2.21. The second kappa shape index (κ2) is 5.76. The van der Waals surface area contributed by atoms with Crippen molar-refractivity contribution in [2.45, 2.75) is 18.4 Å². The van der Waals surface area contributed by atoms with E-state index in [1.165, 1.54) is 19.2 Å². The summed E-state index contributed by atoms with van der Waals surface area (Å²) < 4.78 is 53.0. The number of ether oxygens (including phenoxy) is 2. The zero-order valence-corrected chi connectivity index (χ0v) is 15.4. The number of aromatic amines is 1. The molecule has 146 valence electrons. The zero-order valence-electron chi connectivity index (χ0n) is 20.4. The molecule has 1 N–H and O–H groups in total. The Hall–Kier alpha value is -3.48. The van der Waals surface area contributed by atoms with E-state index in [-0.39, 0.29) is 23.6 Å². The number of fused-ring (bicyclic) bond motifs is 5. The lowest BCUT2D eigenvalue weighted by molar-refractivity contribution is -0.157. The fraction of sp³-hybridized carbons (Fsp3) is 0.273. The number of nitrogens with one attached hydrogen (secondary N) is 1. The van der Waals surface area contributed by atoms with E-state index in [9.17, 15) is 11.0 Å². The van der Waals surface area contributed by atoms with Crippen LogP contribution in [0.1, 0.15) is 29.7 Å². The molecule has 0 saturated carbocycles. The molecule has 1 fully saturated rings. The summed E-state index contributed by atoms with van der Waals surface area (Å²) in [6.07, 6.45) is -2.53. The summed E-state index contributed by atoms with van der Waals surface area (Å²) in [6, 6.07) is 8.01. The van der Waals surface area contributed by atoms with Gasteiger partial charge in [-0.15, -0.1) is 0 Å². The van der Waals surface area contributed by atoms with Gasteiger partial charge in [0.1, 0.15) is 8.76 Å². The Labute approximate surface area is 173 Å². The van der Waals surface area contributed by atoms with Gasteiger partial charge >= 0.3 is 0 Å². The van der Waals surface area contributed by atoms with Gasteiger partial charge in [-0.2, -0.15) is 0 Å². The van der Waals surface area contributed by atoms with Crippen LogP contribution in [0, 0.1) is 0 Å². The average Bonchev–Trinajstić information content (AvgIpc) is 3.30. The summed E-state index contributed by atoms with van der Waals surface area (Å²) >= 11 is 0. The molecule has 2 atom stereocenters. The third-order valence-corrected chi connectivity index (χ3v) is 5.53. The highest BCUT2D eigenvalue weighted by molar-refractivity contribution is 5.97. The SMILES string of the molecule is [2H]C1([2H])Oc2ccc(C3c4[nH]c5ccccc5c4C([2H])([2H])[C@]4([2H])C(=O)N(C)CC(=O)N34)cc2O1. The largest absolute Gasteiger partial charge is 0.454 e. The van der Waals surface area contributed by atoms with Crippen molar-refractivity contribution in [1.82, 2.24) is 14.8 Å². The first-order valence-corrected chi connectivity index (χ1v) is 9.16. The fourth-order valence-electron chi connectivity index (χ4n) is 4.18. The number of hydrogen-bond acceptors (Lipinski definition) is 4. The Morgan fingerprint density at radius 3 is 2.90 bits per heavy atom. The normalized spacial score (nSPS) is 31.3. The Balaban J connectivity index is 1.66. The van der Waals surface area contributed by atoms with Crippen LogP contribution in [-0.2, 0) is 16.0 Å². The van der Waals surface area contributed by atoms with Crippen LogP contribution in [0.15, 0.2) is 42.5 Å². The maximum absolute atomic E-state index is 13.4. The number of para-hydroxylation sites is 1. The molecular weight excluding hydrogens is 370 g/mol. The molecule has 0 spiro atoms. The standard InChI is InChI=1S/C22H19N3O4/c1-24-10-19(26)25-16(22(24)27)9-14-13-4-2-3-5-15(13)23-20(14)21(25)12-6-7-17-18(8-12)29-11-28-17/h2-8,16,21,23H,9-11H2,1H3/t16-,21?/m1/s1/i9D2,11D2,16D. The quantitative estimate of drug-likeness (QED) is 0.687. The van der Waals surface area contributed by atoms with E-state index in [2.05, 4.69) is 4.98 Å². The van der Waals surface area contributed by atoms with Crippen molar-refractivity contribution < 1.29 is 25.9 Å². The van der Waals surface area contributed by atoms with Gasteiger partial charge in [0.25, 0.3) is 0 Å². The van der Waals surface area contributed by atoms with E-state index >= 15 is 0 Å². The molecule has 1 saturated heterocycles. The number of piperazine rings is 1. The summed E-state index contributed by atoms with van der Waals surface area (Å²) in [5, 5.41) is 0.518. The molecule has 3 aromatic rings. The number of nitrogens with zero attached hydrogens (tertiary/aromatic N) is 2. The summed E-state index contributed by atoms with van der Waals surface area (Å²) in [4.78, 5) is 32.0. The lowest BCUT2D eigenvalue weighted by atomic mass is 9.86. The number of hydrogen-bond donors (Lipinski definition) is 1. The van der Waals surface area contributed by atoms with E-state index in [1.54, 1.807) is 30.3 Å². The molecule has 6 rings (SSSR count). The molecule has 2 amide bonds. The van der Waals surface area contributed by atoms with Crippen LogP contribution in [-0.4, -0.2) is 53.0 Å². The predicted molar refractivity (Wildman–Crippen MR) is 105 cm³/mol. The van der Waals surface area contributed by atoms with Crippen LogP contribution in [0.2, 0.25) is 0 Å². The molecule has 1 unspecified atom stereocenters. The van der Waals surface area contributed by atoms with Crippen LogP contribution < -0.4 is 9.47 Å². The Morgan fingerprint density at radius 1 is 1.17 bits per heavy atom. The van der Waals surface area contributed by atoms with Crippen LogP contribution in [0.25, 0.3) is 10.9 Å². The highest BCUT2D eigenvalue weighted by Gasteiger charge is 2.47. The molecule has 4 heterocycles. The van der Waals surface area contributed by atoms with Crippen LogP contribution >= 0.6 is 0 Å². The van der Waals surface area contributed by atoms with E-state index in [1.807, 2.05) is 0 Å². The average molecular weight is 394 g/mol. The van der Waals surface area contributed by atoms with Crippen molar-refractivity contribution in [2.24, 2.45) is 0 Å². The van der Waals surface area contributed by atoms with Crippen LogP contribution in [0.5, 0.6) is 11.5 Å². The first-order valence-electron chi connectivity index (χ1n) is 11.7. The highest BCUT2D eigenvalue weighted by atomic mass is 16.7. The minimum Gasteiger partial charge on any atom is -0.454 e. The highest BCUT2D eigenvalue weighted by Crippen LogP contribution is 2.44. The number of benzene rings is 2. The monoisotopic (exact) mass is 394 g/mol. The van der Waals surface area contributed by atoms with Crippen LogP contribution in [0.3, 0.4) is 0 Å². The second-order valence-corrected chi connectivity index (χ2v) is 7.25. The molecule has 7 nitrogen and oxygen atoms in total. The van der Waals surface area contributed by atoms with Gasteiger partial charge in [-0.05, 0) is 29.3 Å². The molecule has 29 heavy (non-hydrogen) atoms. The van der Waals surface area contributed by atoms with Crippen LogP contribution in [0.4, 0.5) is 0 Å². The topological polar surface area (TPSA) is 74.9 Å². The third-order valence-electron chi connectivity index (χ3n) is 5.53. The van der Waals surface area contributed by atoms with Crippen molar-refractivity contribution in [2.75, 3.05) is 20.3 Å². The van der Waals surface area contributed by atoms with Crippen molar-refractivity contribution in [3.8, 4) is 11.5 Å². The molecule has 1 aromatic heterocycles. The minimum atomic E-state index is -2.56. The number of H-pyrrole nitrogens is 1. The maximum atomic E-state index is 13.4. The van der Waals surface area contributed by atoms with E-state index in [4.69, 9.17) is 15.0 Å². The van der Waals surface area contributed by atoms with Crippen molar-refractivity contribution >= 4 is 22.7 Å². The molecule has 2 aromatic carbocycles. The maximum Gasteiger partial charge on any atom is 0.245 e. The van der Waals surface area contributed by atoms with E-state index in [0.29, 0.717) is 22.2 Å². The Morgan fingerprint density at radius 2 is 2.00 bits per heavy atom. The lowest BCUT2D eigenvalue weighted by Gasteiger charge is -2.46. The first kappa shape index (κ1) is 12.2. The van der Waals surface area contributed by atoms with Crippen molar-refractivity contribution in [3.05, 3.63) is 59.3 Å². The fourth-order valence-corrected chi connectivity index (χ4v) is 4.18. The molecule has 3 aliphatic heterocycles.